The monoisotopic (exact) mass is 269 g/mol. The van der Waals surface area contributed by atoms with Crippen LogP contribution in [0.25, 0.3) is 0 Å². The van der Waals surface area contributed by atoms with E-state index < -0.39 is 0 Å². The molecule has 2 N–H and O–H groups in total. The third-order valence-electron chi connectivity index (χ3n) is 3.62. The maximum Gasteiger partial charge on any atom is 0.123 e. The lowest BCUT2D eigenvalue weighted by Gasteiger charge is -2.12. The van der Waals surface area contributed by atoms with Crippen LogP contribution in [0.3, 0.4) is 0 Å². The van der Waals surface area contributed by atoms with Gasteiger partial charge in [0, 0.05) is 19.5 Å². The van der Waals surface area contributed by atoms with Crippen molar-refractivity contribution in [1.82, 2.24) is 5.32 Å². The van der Waals surface area contributed by atoms with E-state index in [0.29, 0.717) is 0 Å². The lowest BCUT2D eigenvalue weighted by atomic mass is 10.1. The maximum absolute atomic E-state index is 9.00. The molecule has 3 rings (SSSR count). The van der Waals surface area contributed by atoms with Gasteiger partial charge in [-0.3, -0.25) is 0 Å². The van der Waals surface area contributed by atoms with E-state index in [4.69, 9.17) is 9.84 Å². The molecule has 1 atom stereocenters. The summed E-state index contributed by atoms with van der Waals surface area (Å²) in [4.78, 5) is 0. The first-order valence-corrected chi connectivity index (χ1v) is 6.99. The zero-order valence-corrected chi connectivity index (χ0v) is 11.4. The molecule has 0 aromatic heterocycles. The van der Waals surface area contributed by atoms with Crippen LogP contribution in [0.5, 0.6) is 5.75 Å². The van der Waals surface area contributed by atoms with Crippen molar-refractivity contribution in [2.75, 3.05) is 6.54 Å². The Balaban J connectivity index is 1.47. The summed E-state index contributed by atoms with van der Waals surface area (Å²) in [5.74, 6) is 1.02. The van der Waals surface area contributed by atoms with Crippen LogP contribution in [0.15, 0.2) is 48.5 Å². The van der Waals surface area contributed by atoms with Gasteiger partial charge in [-0.05, 0) is 22.8 Å². The molecule has 2 aromatic carbocycles. The number of nitrogens with one attached hydrogen (secondary N) is 1. The van der Waals surface area contributed by atoms with Gasteiger partial charge in [-0.25, -0.2) is 0 Å². The molecule has 0 bridgehead atoms. The van der Waals surface area contributed by atoms with E-state index in [2.05, 4.69) is 17.4 Å². The average Bonchev–Trinajstić information content (AvgIpc) is 2.90. The molecule has 0 radical (unpaired) electrons. The molecule has 3 nitrogen and oxygen atoms in total. The van der Waals surface area contributed by atoms with Crippen molar-refractivity contribution in [3.8, 4) is 5.75 Å². The van der Waals surface area contributed by atoms with Gasteiger partial charge in [-0.2, -0.15) is 0 Å². The second-order valence-electron chi connectivity index (χ2n) is 5.16. The molecule has 0 spiro atoms. The zero-order chi connectivity index (χ0) is 13.8. The van der Waals surface area contributed by atoms with Gasteiger partial charge in [0.1, 0.15) is 11.9 Å². The van der Waals surface area contributed by atoms with E-state index >= 15 is 0 Å². The molecule has 20 heavy (non-hydrogen) atoms. The second kappa shape index (κ2) is 6.07. The minimum Gasteiger partial charge on any atom is -0.488 e. The molecular formula is C17H19NO2. The van der Waals surface area contributed by atoms with Crippen LogP contribution in [0, 0.1) is 0 Å². The van der Waals surface area contributed by atoms with Crippen LogP contribution in [0.2, 0.25) is 0 Å². The molecule has 0 saturated heterocycles. The van der Waals surface area contributed by atoms with Gasteiger partial charge in [-0.1, -0.05) is 42.5 Å². The van der Waals surface area contributed by atoms with Gasteiger partial charge in [0.25, 0.3) is 0 Å². The summed E-state index contributed by atoms with van der Waals surface area (Å²) in [5, 5.41) is 12.4. The normalized spacial score (nSPS) is 16.8. The molecule has 0 saturated carbocycles. The van der Waals surface area contributed by atoms with Crippen molar-refractivity contribution in [3.63, 3.8) is 0 Å². The van der Waals surface area contributed by atoms with Gasteiger partial charge in [0.2, 0.25) is 0 Å². The number of para-hydroxylation sites is 1. The van der Waals surface area contributed by atoms with Crippen molar-refractivity contribution in [2.45, 2.75) is 25.7 Å². The van der Waals surface area contributed by atoms with Crippen molar-refractivity contribution >= 4 is 0 Å². The number of hydrogen-bond acceptors (Lipinski definition) is 3. The highest BCUT2D eigenvalue weighted by molar-refractivity contribution is 5.37. The van der Waals surface area contributed by atoms with Crippen LogP contribution in [0.1, 0.15) is 16.7 Å². The largest absolute Gasteiger partial charge is 0.488 e. The van der Waals surface area contributed by atoms with Gasteiger partial charge >= 0.3 is 0 Å². The summed E-state index contributed by atoms with van der Waals surface area (Å²) in [7, 11) is 0. The lowest BCUT2D eigenvalue weighted by molar-refractivity contribution is 0.227. The molecule has 1 unspecified atom stereocenters. The highest BCUT2D eigenvalue weighted by Crippen LogP contribution is 2.27. The highest BCUT2D eigenvalue weighted by Gasteiger charge is 2.21. The van der Waals surface area contributed by atoms with Crippen LogP contribution in [0.4, 0.5) is 0 Å². The number of aliphatic hydroxyl groups excluding tert-OH is 1. The Kier molecular flexibility index (Phi) is 4.00. The average molecular weight is 269 g/mol. The van der Waals surface area contributed by atoms with Crippen molar-refractivity contribution in [1.29, 1.82) is 0 Å². The predicted molar refractivity (Wildman–Crippen MR) is 78.6 cm³/mol. The second-order valence-corrected chi connectivity index (χ2v) is 5.16. The van der Waals surface area contributed by atoms with Gasteiger partial charge in [0.05, 0.1) is 6.61 Å². The van der Waals surface area contributed by atoms with Gasteiger partial charge < -0.3 is 15.2 Å². The summed E-state index contributed by atoms with van der Waals surface area (Å²) in [6, 6.07) is 16.2. The van der Waals surface area contributed by atoms with E-state index in [1.54, 1.807) is 0 Å². The molecule has 2 aromatic rings. The topological polar surface area (TPSA) is 41.5 Å². The smallest absolute Gasteiger partial charge is 0.123 e. The predicted octanol–water partition coefficient (Wildman–Crippen LogP) is 2.27. The van der Waals surface area contributed by atoms with Gasteiger partial charge in [-0.15, -0.1) is 0 Å². The molecule has 104 valence electrons. The zero-order valence-electron chi connectivity index (χ0n) is 11.4. The molecule has 0 amide bonds. The quantitative estimate of drug-likeness (QED) is 0.875. The fourth-order valence-corrected chi connectivity index (χ4v) is 2.51. The maximum atomic E-state index is 9.00. The number of aliphatic hydroxyl groups is 1. The third kappa shape index (κ3) is 3.00. The first-order chi connectivity index (χ1) is 9.85. The number of ether oxygens (including phenoxy) is 1. The fourth-order valence-electron chi connectivity index (χ4n) is 2.51. The molecule has 3 heteroatoms. The van der Waals surface area contributed by atoms with Crippen LogP contribution < -0.4 is 10.1 Å². The minimum absolute atomic E-state index is 0.0991. The Morgan fingerprint density at radius 3 is 2.55 bits per heavy atom. The Hall–Kier alpha value is -1.84. The summed E-state index contributed by atoms with van der Waals surface area (Å²) >= 11 is 0. The molecule has 1 heterocycles. The van der Waals surface area contributed by atoms with E-state index in [0.717, 1.165) is 30.8 Å². The Morgan fingerprint density at radius 2 is 1.80 bits per heavy atom. The van der Waals surface area contributed by atoms with Crippen molar-refractivity contribution < 1.29 is 9.84 Å². The van der Waals surface area contributed by atoms with E-state index in [1.165, 1.54) is 11.1 Å². The number of hydrogen-bond donors (Lipinski definition) is 2. The number of rotatable bonds is 5. The summed E-state index contributed by atoms with van der Waals surface area (Å²) < 4.78 is 5.89. The summed E-state index contributed by atoms with van der Waals surface area (Å²) in [5.41, 5.74) is 3.47. The first-order valence-electron chi connectivity index (χ1n) is 6.99. The van der Waals surface area contributed by atoms with Crippen molar-refractivity contribution in [3.05, 3.63) is 65.2 Å². The summed E-state index contributed by atoms with van der Waals surface area (Å²) in [6.45, 7) is 1.76. The van der Waals surface area contributed by atoms with Gasteiger partial charge in [0.15, 0.2) is 0 Å². The van der Waals surface area contributed by atoms with E-state index in [-0.39, 0.29) is 12.7 Å². The van der Waals surface area contributed by atoms with E-state index in [9.17, 15) is 0 Å². The summed E-state index contributed by atoms with van der Waals surface area (Å²) in [6.07, 6.45) is 1.20. The first kappa shape index (κ1) is 13.2. The van der Waals surface area contributed by atoms with Crippen LogP contribution >= 0.6 is 0 Å². The Labute approximate surface area is 119 Å². The van der Waals surface area contributed by atoms with E-state index in [1.807, 2.05) is 36.4 Å². The lowest BCUT2D eigenvalue weighted by Crippen LogP contribution is -2.29. The van der Waals surface area contributed by atoms with Crippen LogP contribution in [-0.2, 0) is 19.6 Å². The van der Waals surface area contributed by atoms with Crippen molar-refractivity contribution in [2.24, 2.45) is 0 Å². The van der Waals surface area contributed by atoms with Crippen LogP contribution in [-0.4, -0.2) is 17.8 Å². The molecule has 0 aliphatic carbocycles. The Morgan fingerprint density at radius 1 is 1.05 bits per heavy atom. The fraction of sp³-hybridized carbons (Fsp3) is 0.294. The SMILES string of the molecule is OCc1ccc(CNCC2Cc3ccccc3O2)cc1. The Bertz CT molecular complexity index is 540. The number of fused-ring (bicyclic) bond motifs is 1. The third-order valence-corrected chi connectivity index (χ3v) is 3.62. The highest BCUT2D eigenvalue weighted by atomic mass is 16.5. The number of benzene rings is 2. The molecule has 1 aliphatic heterocycles. The standard InChI is InChI=1S/C17H19NO2/c19-12-14-7-5-13(6-8-14)10-18-11-16-9-15-3-1-2-4-17(15)20-16/h1-8,16,18-19H,9-12H2. The minimum atomic E-state index is 0.0991. The molecule has 0 fully saturated rings. The molecular weight excluding hydrogens is 250 g/mol. The molecule has 1 aliphatic rings.